The molecule has 2 aromatic heterocycles. The summed E-state index contributed by atoms with van der Waals surface area (Å²) in [6, 6.07) is 4.88. The third-order valence-electron chi connectivity index (χ3n) is 6.19. The molecule has 2 unspecified atom stereocenters. The van der Waals surface area contributed by atoms with Crippen LogP contribution < -0.4 is 4.90 Å². The molecule has 0 spiro atoms. The molecule has 2 aliphatic carbocycles. The molecular weight excluding hydrogens is 316 g/mol. The number of anilines is 1. The summed E-state index contributed by atoms with van der Waals surface area (Å²) in [6.45, 7) is 1.94. The smallest absolute Gasteiger partial charge is 0.178 e. The standard InChI is InChI=1S/C18H26N6O/c1-22(14-4-2-3-5-15(14)25)13-10-23(11-13)17-9-8-16-19-20-18(12-6-7-12)24(16)21-17/h8-9,12-15,25H,2-7,10-11H2,1H3. The molecule has 2 saturated carbocycles. The van der Waals surface area contributed by atoms with Crippen molar-refractivity contribution < 1.29 is 5.11 Å². The van der Waals surface area contributed by atoms with Crippen LogP contribution in [-0.2, 0) is 0 Å². The summed E-state index contributed by atoms with van der Waals surface area (Å²) in [4.78, 5) is 4.71. The van der Waals surface area contributed by atoms with E-state index < -0.39 is 0 Å². The van der Waals surface area contributed by atoms with E-state index >= 15 is 0 Å². The average Bonchev–Trinajstić information content (AvgIpc) is 3.33. The number of rotatable bonds is 4. The summed E-state index contributed by atoms with van der Waals surface area (Å²) < 4.78 is 1.93. The van der Waals surface area contributed by atoms with Gasteiger partial charge in [-0.1, -0.05) is 12.8 Å². The van der Waals surface area contributed by atoms with Gasteiger partial charge in [-0.2, -0.15) is 4.52 Å². The average molecular weight is 342 g/mol. The van der Waals surface area contributed by atoms with Gasteiger partial charge in [0.25, 0.3) is 0 Å². The Labute approximate surface area is 147 Å². The van der Waals surface area contributed by atoms with E-state index in [4.69, 9.17) is 5.10 Å². The first-order valence-corrected chi connectivity index (χ1v) is 9.58. The van der Waals surface area contributed by atoms with E-state index in [-0.39, 0.29) is 6.10 Å². The van der Waals surface area contributed by atoms with E-state index in [1.54, 1.807) is 0 Å². The number of nitrogens with zero attached hydrogens (tertiary/aromatic N) is 6. The van der Waals surface area contributed by atoms with Crippen molar-refractivity contribution in [2.45, 2.75) is 62.6 Å². The predicted octanol–water partition coefficient (Wildman–Crippen LogP) is 1.43. The first-order valence-electron chi connectivity index (χ1n) is 9.58. The Bertz CT molecular complexity index is 766. The van der Waals surface area contributed by atoms with Crippen molar-refractivity contribution in [3.05, 3.63) is 18.0 Å². The molecule has 25 heavy (non-hydrogen) atoms. The Kier molecular flexibility index (Phi) is 3.67. The van der Waals surface area contributed by atoms with E-state index in [1.165, 1.54) is 19.3 Å². The minimum atomic E-state index is -0.166. The van der Waals surface area contributed by atoms with Gasteiger partial charge >= 0.3 is 0 Å². The van der Waals surface area contributed by atoms with Crippen LogP contribution in [0.4, 0.5) is 5.82 Å². The van der Waals surface area contributed by atoms with Gasteiger partial charge in [-0.3, -0.25) is 4.90 Å². The molecule has 5 rings (SSSR count). The van der Waals surface area contributed by atoms with Crippen molar-refractivity contribution in [1.82, 2.24) is 24.7 Å². The molecule has 3 fully saturated rings. The zero-order valence-corrected chi connectivity index (χ0v) is 14.8. The summed E-state index contributed by atoms with van der Waals surface area (Å²) in [5, 5.41) is 23.6. The summed E-state index contributed by atoms with van der Waals surface area (Å²) in [5.74, 6) is 2.56. The highest BCUT2D eigenvalue weighted by molar-refractivity contribution is 5.48. The van der Waals surface area contributed by atoms with Gasteiger partial charge in [-0.15, -0.1) is 15.3 Å². The molecule has 0 radical (unpaired) electrons. The van der Waals surface area contributed by atoms with E-state index in [0.717, 1.165) is 49.6 Å². The minimum Gasteiger partial charge on any atom is -0.391 e. The number of hydrogen-bond donors (Lipinski definition) is 1. The van der Waals surface area contributed by atoms with E-state index in [0.29, 0.717) is 18.0 Å². The van der Waals surface area contributed by atoms with Crippen molar-refractivity contribution >= 4 is 11.5 Å². The monoisotopic (exact) mass is 342 g/mol. The molecule has 0 bridgehead atoms. The second kappa shape index (κ2) is 5.92. The minimum absolute atomic E-state index is 0.166. The SMILES string of the molecule is CN(C1CN(c2ccc3nnc(C4CC4)n3n2)C1)C1CCCCC1O. The van der Waals surface area contributed by atoms with Gasteiger partial charge in [-0.25, -0.2) is 0 Å². The number of fused-ring (bicyclic) bond motifs is 1. The van der Waals surface area contributed by atoms with Crippen LogP contribution in [0.15, 0.2) is 12.1 Å². The number of hydrogen-bond acceptors (Lipinski definition) is 6. The Morgan fingerprint density at radius 1 is 1.08 bits per heavy atom. The lowest BCUT2D eigenvalue weighted by molar-refractivity contribution is 0.00675. The number of likely N-dealkylation sites (N-methyl/N-ethyl adjacent to an activating group) is 1. The highest BCUT2D eigenvalue weighted by atomic mass is 16.3. The largest absolute Gasteiger partial charge is 0.391 e. The van der Waals surface area contributed by atoms with Crippen LogP contribution in [0, 0.1) is 0 Å². The van der Waals surface area contributed by atoms with E-state index in [9.17, 15) is 5.11 Å². The van der Waals surface area contributed by atoms with Crippen LogP contribution in [0.1, 0.15) is 50.3 Å². The number of aliphatic hydroxyl groups is 1. The van der Waals surface area contributed by atoms with Crippen LogP contribution in [-0.4, -0.2) is 68.1 Å². The molecule has 2 atom stereocenters. The maximum absolute atomic E-state index is 10.3. The molecule has 3 heterocycles. The molecule has 2 aromatic rings. The quantitative estimate of drug-likeness (QED) is 0.906. The van der Waals surface area contributed by atoms with Crippen molar-refractivity contribution in [2.24, 2.45) is 0 Å². The van der Waals surface area contributed by atoms with Crippen LogP contribution in [0.5, 0.6) is 0 Å². The maximum Gasteiger partial charge on any atom is 0.178 e. The molecule has 3 aliphatic rings. The second-order valence-electron chi connectivity index (χ2n) is 7.94. The molecule has 1 N–H and O–H groups in total. The Balaban J connectivity index is 1.28. The molecule has 7 heteroatoms. The van der Waals surface area contributed by atoms with Crippen LogP contribution in [0.25, 0.3) is 5.65 Å². The fraction of sp³-hybridized carbons (Fsp3) is 0.722. The van der Waals surface area contributed by atoms with Gasteiger partial charge in [0.15, 0.2) is 11.5 Å². The predicted molar refractivity (Wildman–Crippen MR) is 94.8 cm³/mol. The first kappa shape index (κ1) is 15.5. The topological polar surface area (TPSA) is 69.8 Å². The Morgan fingerprint density at radius 2 is 1.88 bits per heavy atom. The fourth-order valence-corrected chi connectivity index (χ4v) is 4.30. The molecule has 1 aliphatic heterocycles. The molecule has 0 amide bonds. The lowest BCUT2D eigenvalue weighted by Gasteiger charge is -2.48. The number of aliphatic hydroxyl groups excluding tert-OH is 1. The van der Waals surface area contributed by atoms with Crippen LogP contribution >= 0.6 is 0 Å². The summed E-state index contributed by atoms with van der Waals surface area (Å²) in [7, 11) is 2.17. The second-order valence-corrected chi connectivity index (χ2v) is 7.94. The molecule has 7 nitrogen and oxygen atoms in total. The summed E-state index contributed by atoms with van der Waals surface area (Å²) >= 11 is 0. The van der Waals surface area contributed by atoms with E-state index in [1.807, 2.05) is 16.6 Å². The highest BCUT2D eigenvalue weighted by Gasteiger charge is 2.37. The van der Waals surface area contributed by atoms with Gasteiger partial charge < -0.3 is 10.0 Å². The van der Waals surface area contributed by atoms with Crippen LogP contribution in [0.3, 0.4) is 0 Å². The van der Waals surface area contributed by atoms with Crippen LogP contribution in [0.2, 0.25) is 0 Å². The van der Waals surface area contributed by atoms with Crippen molar-refractivity contribution in [3.63, 3.8) is 0 Å². The zero-order valence-electron chi connectivity index (χ0n) is 14.8. The van der Waals surface area contributed by atoms with Gasteiger partial charge in [0.05, 0.1) is 6.10 Å². The molecular formula is C18H26N6O. The van der Waals surface area contributed by atoms with Gasteiger partial charge in [0.2, 0.25) is 0 Å². The van der Waals surface area contributed by atoms with Gasteiger partial charge in [-0.05, 0) is 44.9 Å². The summed E-state index contributed by atoms with van der Waals surface area (Å²) in [6.07, 6.45) is 6.69. The lowest BCUT2D eigenvalue weighted by Crippen LogP contribution is -2.63. The Morgan fingerprint density at radius 3 is 2.64 bits per heavy atom. The van der Waals surface area contributed by atoms with Crippen molar-refractivity contribution in [3.8, 4) is 0 Å². The molecule has 0 aromatic carbocycles. The Hall–Kier alpha value is -1.73. The van der Waals surface area contributed by atoms with Crippen molar-refractivity contribution in [2.75, 3.05) is 25.0 Å². The fourth-order valence-electron chi connectivity index (χ4n) is 4.30. The highest BCUT2D eigenvalue weighted by Crippen LogP contribution is 2.39. The molecule has 134 valence electrons. The number of aromatic nitrogens is 4. The van der Waals surface area contributed by atoms with Gasteiger partial charge in [0, 0.05) is 31.1 Å². The first-order chi connectivity index (χ1) is 12.2. The lowest BCUT2D eigenvalue weighted by atomic mass is 9.90. The zero-order chi connectivity index (χ0) is 17.0. The van der Waals surface area contributed by atoms with Gasteiger partial charge in [0.1, 0.15) is 5.82 Å². The van der Waals surface area contributed by atoms with E-state index in [2.05, 4.69) is 27.0 Å². The third kappa shape index (κ3) is 2.69. The normalized spacial score (nSPS) is 27.9. The third-order valence-corrected chi connectivity index (χ3v) is 6.19. The molecule has 1 saturated heterocycles. The summed E-state index contributed by atoms with van der Waals surface area (Å²) in [5.41, 5.74) is 0.838. The maximum atomic E-state index is 10.3. The van der Waals surface area contributed by atoms with Crippen molar-refractivity contribution in [1.29, 1.82) is 0 Å².